The molecule has 1 N–H and O–H groups in total. The van der Waals surface area contributed by atoms with Crippen LogP contribution in [0.25, 0.3) is 0 Å². The zero-order chi connectivity index (χ0) is 20.5. The molecule has 1 aliphatic rings. The first-order valence-corrected chi connectivity index (χ1v) is 10.0. The molecule has 1 amide bonds. The van der Waals surface area contributed by atoms with Crippen molar-refractivity contribution in [1.29, 1.82) is 0 Å². The monoisotopic (exact) mass is 396 g/mol. The lowest BCUT2D eigenvalue weighted by Crippen LogP contribution is -2.36. The van der Waals surface area contributed by atoms with Gasteiger partial charge < -0.3 is 19.7 Å². The van der Waals surface area contributed by atoms with Gasteiger partial charge in [-0.1, -0.05) is 17.7 Å². The van der Waals surface area contributed by atoms with Gasteiger partial charge in [0.1, 0.15) is 5.75 Å². The topological polar surface area (TPSA) is 67.9 Å². The third-order valence-corrected chi connectivity index (χ3v) is 4.85. The van der Waals surface area contributed by atoms with E-state index in [1.165, 1.54) is 5.56 Å². The second kappa shape index (κ2) is 10.6. The summed E-state index contributed by atoms with van der Waals surface area (Å²) in [4.78, 5) is 26.5. The lowest BCUT2D eigenvalue weighted by Gasteiger charge is -2.28. The molecule has 2 aromatic carbocycles. The average molecular weight is 396 g/mol. The number of ketones is 1. The second-order valence-corrected chi connectivity index (χ2v) is 7.11. The Hall–Kier alpha value is -2.86. The largest absolute Gasteiger partial charge is 0.494 e. The minimum atomic E-state index is -0.143. The Kier molecular flexibility index (Phi) is 7.64. The van der Waals surface area contributed by atoms with Gasteiger partial charge in [-0.15, -0.1) is 0 Å². The number of ether oxygens (including phenoxy) is 2. The average Bonchev–Trinajstić information content (AvgIpc) is 2.77. The molecular weight excluding hydrogens is 368 g/mol. The fraction of sp³-hybridized carbons (Fsp3) is 0.391. The minimum absolute atomic E-state index is 0.00849. The van der Waals surface area contributed by atoms with Gasteiger partial charge in [0.05, 0.1) is 26.4 Å². The van der Waals surface area contributed by atoms with Gasteiger partial charge in [-0.2, -0.15) is 0 Å². The van der Waals surface area contributed by atoms with Crippen molar-refractivity contribution in [3.63, 3.8) is 0 Å². The number of aryl methyl sites for hydroxylation is 1. The summed E-state index contributed by atoms with van der Waals surface area (Å²) in [6.07, 6.45) is 0.928. The van der Waals surface area contributed by atoms with Crippen LogP contribution in [0.3, 0.4) is 0 Å². The van der Waals surface area contributed by atoms with E-state index >= 15 is 0 Å². The number of nitrogens with one attached hydrogen (secondary N) is 1. The quantitative estimate of drug-likeness (QED) is 0.521. The fourth-order valence-electron chi connectivity index (χ4n) is 3.11. The van der Waals surface area contributed by atoms with Gasteiger partial charge >= 0.3 is 0 Å². The van der Waals surface area contributed by atoms with Gasteiger partial charge in [0.2, 0.25) is 5.91 Å². The number of amides is 1. The first kappa shape index (κ1) is 20.9. The van der Waals surface area contributed by atoms with Crippen molar-refractivity contribution in [2.45, 2.75) is 19.8 Å². The third kappa shape index (κ3) is 6.61. The Morgan fingerprint density at radius 1 is 1.03 bits per heavy atom. The molecule has 3 rings (SSSR count). The van der Waals surface area contributed by atoms with Crippen molar-refractivity contribution in [2.75, 3.05) is 44.4 Å². The fourth-order valence-corrected chi connectivity index (χ4v) is 3.11. The van der Waals surface area contributed by atoms with Crippen LogP contribution in [-0.4, -0.2) is 51.1 Å². The van der Waals surface area contributed by atoms with Crippen LogP contribution >= 0.6 is 0 Å². The zero-order valence-corrected chi connectivity index (χ0v) is 16.9. The molecule has 1 heterocycles. The van der Waals surface area contributed by atoms with Crippen molar-refractivity contribution in [2.24, 2.45) is 0 Å². The summed E-state index contributed by atoms with van der Waals surface area (Å²) in [6, 6.07) is 15.3. The molecule has 0 aromatic heterocycles. The molecule has 0 unspecified atom stereocenters. The maximum atomic E-state index is 12.3. The van der Waals surface area contributed by atoms with E-state index in [0.717, 1.165) is 37.7 Å². The predicted octanol–water partition coefficient (Wildman–Crippen LogP) is 2.99. The molecule has 0 aliphatic carbocycles. The van der Waals surface area contributed by atoms with Crippen molar-refractivity contribution < 1.29 is 19.1 Å². The first-order valence-electron chi connectivity index (χ1n) is 10.0. The van der Waals surface area contributed by atoms with E-state index in [2.05, 4.69) is 10.2 Å². The van der Waals surface area contributed by atoms with Crippen LogP contribution < -0.4 is 15.0 Å². The summed E-state index contributed by atoms with van der Waals surface area (Å²) in [6.45, 7) is 5.66. The number of nitrogens with zero attached hydrogens (tertiary/aromatic N) is 1. The van der Waals surface area contributed by atoms with E-state index in [4.69, 9.17) is 9.47 Å². The summed E-state index contributed by atoms with van der Waals surface area (Å²) in [7, 11) is 0. The molecule has 1 aliphatic heterocycles. The molecule has 154 valence electrons. The van der Waals surface area contributed by atoms with Crippen molar-refractivity contribution in [3.05, 3.63) is 59.7 Å². The van der Waals surface area contributed by atoms with E-state index in [1.54, 1.807) is 0 Å². The molecule has 0 spiro atoms. The van der Waals surface area contributed by atoms with Crippen LogP contribution in [0.5, 0.6) is 5.75 Å². The summed E-state index contributed by atoms with van der Waals surface area (Å²) in [5, 5.41) is 2.69. The normalized spacial score (nSPS) is 13.8. The maximum Gasteiger partial charge on any atom is 0.220 e. The van der Waals surface area contributed by atoms with E-state index in [0.29, 0.717) is 25.0 Å². The molecule has 0 saturated carbocycles. The maximum absolute atomic E-state index is 12.3. The van der Waals surface area contributed by atoms with Gasteiger partial charge in [-0.3, -0.25) is 9.59 Å². The number of carbonyl (C=O) groups excluding carboxylic acids is 2. The van der Waals surface area contributed by atoms with Crippen LogP contribution in [-0.2, 0) is 9.53 Å². The lowest BCUT2D eigenvalue weighted by molar-refractivity contribution is -0.121. The van der Waals surface area contributed by atoms with E-state index in [-0.39, 0.29) is 18.2 Å². The Bertz CT molecular complexity index is 797. The van der Waals surface area contributed by atoms with Crippen molar-refractivity contribution >= 4 is 17.4 Å². The van der Waals surface area contributed by atoms with Crippen LogP contribution in [0.1, 0.15) is 28.8 Å². The predicted molar refractivity (Wildman–Crippen MR) is 113 cm³/mol. The number of benzene rings is 2. The Morgan fingerprint density at radius 2 is 1.72 bits per heavy atom. The number of rotatable bonds is 9. The van der Waals surface area contributed by atoms with E-state index in [9.17, 15) is 9.59 Å². The van der Waals surface area contributed by atoms with Gasteiger partial charge in [-0.05, 0) is 49.7 Å². The van der Waals surface area contributed by atoms with Crippen LogP contribution in [0.4, 0.5) is 5.69 Å². The number of morpholine rings is 1. The lowest BCUT2D eigenvalue weighted by atomic mass is 10.1. The van der Waals surface area contributed by atoms with Gasteiger partial charge in [0, 0.05) is 30.8 Å². The molecule has 0 radical (unpaired) electrons. The van der Waals surface area contributed by atoms with Gasteiger partial charge in [-0.25, -0.2) is 0 Å². The van der Waals surface area contributed by atoms with E-state index < -0.39 is 0 Å². The molecule has 6 nitrogen and oxygen atoms in total. The van der Waals surface area contributed by atoms with E-state index in [1.807, 2.05) is 55.5 Å². The Labute approximate surface area is 171 Å². The van der Waals surface area contributed by atoms with Crippen molar-refractivity contribution in [1.82, 2.24) is 5.32 Å². The van der Waals surface area contributed by atoms with Crippen LogP contribution in [0.2, 0.25) is 0 Å². The molecule has 2 aromatic rings. The smallest absolute Gasteiger partial charge is 0.220 e. The standard InChI is InChI=1S/C23H28N2O4/c1-18-4-10-21(11-5-18)29-14-2-3-23(27)24-17-22(26)19-6-8-20(9-7-19)25-12-15-28-16-13-25/h4-11H,2-3,12-17H2,1H3,(H,24,27). The summed E-state index contributed by atoms with van der Waals surface area (Å²) < 4.78 is 11.0. The second-order valence-electron chi connectivity index (χ2n) is 7.11. The summed E-state index contributed by atoms with van der Waals surface area (Å²) in [5.41, 5.74) is 2.87. The third-order valence-electron chi connectivity index (χ3n) is 4.85. The van der Waals surface area contributed by atoms with Crippen LogP contribution in [0, 0.1) is 6.92 Å². The minimum Gasteiger partial charge on any atom is -0.494 e. The summed E-state index contributed by atoms with van der Waals surface area (Å²) in [5.74, 6) is 0.560. The molecule has 0 atom stereocenters. The molecule has 29 heavy (non-hydrogen) atoms. The zero-order valence-electron chi connectivity index (χ0n) is 16.9. The molecule has 1 saturated heterocycles. The number of anilines is 1. The van der Waals surface area contributed by atoms with Crippen LogP contribution in [0.15, 0.2) is 48.5 Å². The van der Waals surface area contributed by atoms with Gasteiger partial charge in [0.25, 0.3) is 0 Å². The number of hydrogen-bond acceptors (Lipinski definition) is 5. The first-order chi connectivity index (χ1) is 14.1. The number of Topliss-reactive ketones (excluding diaryl/α,β-unsaturated/α-hetero) is 1. The summed E-state index contributed by atoms with van der Waals surface area (Å²) >= 11 is 0. The molecule has 1 fully saturated rings. The SMILES string of the molecule is Cc1ccc(OCCCC(=O)NCC(=O)c2ccc(N3CCOCC3)cc2)cc1. The highest BCUT2D eigenvalue weighted by atomic mass is 16.5. The Balaban J connectivity index is 1.35. The molecule has 6 heteroatoms. The number of carbonyl (C=O) groups is 2. The molecule has 0 bridgehead atoms. The highest BCUT2D eigenvalue weighted by Crippen LogP contribution is 2.17. The van der Waals surface area contributed by atoms with Crippen molar-refractivity contribution in [3.8, 4) is 5.75 Å². The highest BCUT2D eigenvalue weighted by molar-refractivity contribution is 5.99. The van der Waals surface area contributed by atoms with Gasteiger partial charge in [0.15, 0.2) is 5.78 Å². The highest BCUT2D eigenvalue weighted by Gasteiger charge is 2.13. The number of hydrogen-bond donors (Lipinski definition) is 1. The molecular formula is C23H28N2O4. The Morgan fingerprint density at radius 3 is 2.41 bits per heavy atom.